The number of halogens is 1. The summed E-state index contributed by atoms with van der Waals surface area (Å²) in [6.07, 6.45) is 4.31. The molecule has 0 aliphatic heterocycles. The number of thioether (sulfide) groups is 1. The zero-order valence-corrected chi connectivity index (χ0v) is 18.6. The zero-order valence-electron chi connectivity index (χ0n) is 17.8. The van der Waals surface area contributed by atoms with Crippen LogP contribution in [0.2, 0.25) is 0 Å². The lowest BCUT2D eigenvalue weighted by Gasteiger charge is -2.14. The molecule has 164 valence electrons. The van der Waals surface area contributed by atoms with E-state index in [0.717, 1.165) is 45.1 Å². The van der Waals surface area contributed by atoms with E-state index >= 15 is 0 Å². The first-order chi connectivity index (χ1) is 15.0. The lowest BCUT2D eigenvalue weighted by atomic mass is 10.0. The highest BCUT2D eigenvalue weighted by atomic mass is 32.2. The van der Waals surface area contributed by atoms with E-state index in [2.05, 4.69) is 26.5 Å². The summed E-state index contributed by atoms with van der Waals surface area (Å²) >= 11 is 1.70. The number of aromatic nitrogens is 2. The number of aryl methyl sites for hydroxylation is 1. The summed E-state index contributed by atoms with van der Waals surface area (Å²) in [7, 11) is 4.07. The van der Waals surface area contributed by atoms with Gasteiger partial charge in [-0.25, -0.2) is 4.39 Å². The number of nitrogens with zero attached hydrogens (tertiary/aromatic N) is 2. The summed E-state index contributed by atoms with van der Waals surface area (Å²) in [5.74, 6) is 0.466. The highest BCUT2D eigenvalue weighted by molar-refractivity contribution is 7.99. The lowest BCUT2D eigenvalue weighted by molar-refractivity contribution is -0.116. The van der Waals surface area contributed by atoms with Crippen molar-refractivity contribution in [2.24, 2.45) is 5.73 Å². The number of rotatable bonds is 10. The van der Waals surface area contributed by atoms with Crippen LogP contribution in [0.3, 0.4) is 0 Å². The van der Waals surface area contributed by atoms with Crippen molar-refractivity contribution in [1.82, 2.24) is 15.1 Å². The van der Waals surface area contributed by atoms with Crippen LogP contribution >= 0.6 is 11.8 Å². The van der Waals surface area contributed by atoms with Crippen molar-refractivity contribution in [3.05, 3.63) is 65.7 Å². The summed E-state index contributed by atoms with van der Waals surface area (Å²) < 4.78 is 13.6. The molecule has 0 atom stereocenters. The average Bonchev–Trinajstić information content (AvgIpc) is 3.28. The summed E-state index contributed by atoms with van der Waals surface area (Å²) in [5, 5.41) is 9.87. The molecule has 0 saturated carbocycles. The number of carbonyl (C=O) groups is 1. The van der Waals surface area contributed by atoms with Crippen LogP contribution < -0.4 is 11.1 Å². The largest absolute Gasteiger partial charge is 0.326 e. The summed E-state index contributed by atoms with van der Waals surface area (Å²) in [6, 6.07) is 10.5. The van der Waals surface area contributed by atoms with Gasteiger partial charge in [-0.2, -0.15) is 5.10 Å². The Kier molecular flexibility index (Phi) is 8.22. The average molecular weight is 442 g/mol. The Balaban J connectivity index is 1.71. The molecule has 1 heterocycles. The van der Waals surface area contributed by atoms with Gasteiger partial charge in [-0.3, -0.25) is 9.89 Å². The van der Waals surface area contributed by atoms with Gasteiger partial charge in [0, 0.05) is 41.9 Å². The second-order valence-corrected chi connectivity index (χ2v) is 8.65. The third-order valence-corrected chi connectivity index (χ3v) is 5.93. The van der Waals surface area contributed by atoms with Crippen molar-refractivity contribution in [2.75, 3.05) is 31.7 Å². The van der Waals surface area contributed by atoms with Gasteiger partial charge in [0.25, 0.3) is 0 Å². The lowest BCUT2D eigenvalue weighted by Crippen LogP contribution is -2.16. The maximum absolute atomic E-state index is 13.6. The Morgan fingerprint density at radius 2 is 2.03 bits per heavy atom. The summed E-state index contributed by atoms with van der Waals surface area (Å²) in [5.41, 5.74) is 10.2. The van der Waals surface area contributed by atoms with Crippen LogP contribution in [-0.4, -0.2) is 47.4 Å². The molecule has 8 heteroatoms. The maximum atomic E-state index is 13.6. The fourth-order valence-electron chi connectivity index (χ4n) is 3.16. The molecule has 0 aliphatic carbocycles. The van der Waals surface area contributed by atoms with Crippen LogP contribution in [0.4, 0.5) is 10.1 Å². The monoisotopic (exact) mass is 441 g/mol. The summed E-state index contributed by atoms with van der Waals surface area (Å²) in [6.45, 7) is 1.24. The molecule has 3 aromatic rings. The van der Waals surface area contributed by atoms with E-state index in [1.807, 2.05) is 32.4 Å². The third-order valence-electron chi connectivity index (χ3n) is 4.89. The van der Waals surface area contributed by atoms with Gasteiger partial charge in [-0.1, -0.05) is 12.1 Å². The molecule has 31 heavy (non-hydrogen) atoms. The van der Waals surface area contributed by atoms with Crippen molar-refractivity contribution in [1.29, 1.82) is 0 Å². The molecule has 0 unspecified atom stereocenters. The molecule has 1 amide bonds. The smallest absolute Gasteiger partial charge is 0.224 e. The second kappa shape index (κ2) is 11.1. The fraction of sp³-hybridized carbons (Fsp3) is 0.304. The van der Waals surface area contributed by atoms with Gasteiger partial charge in [-0.05, 0) is 61.5 Å². The Morgan fingerprint density at radius 1 is 1.19 bits per heavy atom. The van der Waals surface area contributed by atoms with E-state index in [4.69, 9.17) is 5.73 Å². The van der Waals surface area contributed by atoms with Crippen LogP contribution in [0.1, 0.15) is 17.5 Å². The molecule has 3 rings (SSSR count). The van der Waals surface area contributed by atoms with Crippen molar-refractivity contribution >= 4 is 23.4 Å². The maximum Gasteiger partial charge on any atom is 0.224 e. The molecule has 0 radical (unpaired) electrons. The van der Waals surface area contributed by atoms with E-state index < -0.39 is 0 Å². The van der Waals surface area contributed by atoms with Crippen LogP contribution in [0, 0.1) is 5.82 Å². The van der Waals surface area contributed by atoms with Gasteiger partial charge in [0.05, 0.1) is 11.9 Å². The minimum absolute atomic E-state index is 0.113. The minimum atomic E-state index is -0.318. The molecule has 0 spiro atoms. The highest BCUT2D eigenvalue weighted by Gasteiger charge is 2.12. The van der Waals surface area contributed by atoms with Gasteiger partial charge in [0.15, 0.2) is 0 Å². The minimum Gasteiger partial charge on any atom is -0.326 e. The van der Waals surface area contributed by atoms with E-state index in [1.54, 1.807) is 24.0 Å². The third kappa shape index (κ3) is 6.65. The van der Waals surface area contributed by atoms with E-state index in [-0.39, 0.29) is 18.1 Å². The summed E-state index contributed by atoms with van der Waals surface area (Å²) in [4.78, 5) is 15.8. The highest BCUT2D eigenvalue weighted by Crippen LogP contribution is 2.32. The topological polar surface area (TPSA) is 87.0 Å². The van der Waals surface area contributed by atoms with Crippen molar-refractivity contribution in [3.63, 3.8) is 0 Å². The van der Waals surface area contributed by atoms with Crippen LogP contribution in [0.15, 0.2) is 53.7 Å². The van der Waals surface area contributed by atoms with Crippen molar-refractivity contribution in [2.45, 2.75) is 24.3 Å². The second-order valence-electron chi connectivity index (χ2n) is 7.51. The van der Waals surface area contributed by atoms with Crippen LogP contribution in [-0.2, 0) is 17.8 Å². The van der Waals surface area contributed by atoms with Crippen LogP contribution in [0.25, 0.3) is 11.1 Å². The Morgan fingerprint density at radius 3 is 2.74 bits per heavy atom. The van der Waals surface area contributed by atoms with E-state index in [0.29, 0.717) is 13.0 Å². The van der Waals surface area contributed by atoms with Gasteiger partial charge >= 0.3 is 0 Å². The van der Waals surface area contributed by atoms with Gasteiger partial charge in [0.1, 0.15) is 5.82 Å². The quantitative estimate of drug-likeness (QED) is 0.416. The normalized spacial score (nSPS) is 11.1. The number of anilines is 1. The molecular formula is C23H28FN5OS. The number of benzene rings is 2. The van der Waals surface area contributed by atoms with Gasteiger partial charge in [0.2, 0.25) is 5.91 Å². The van der Waals surface area contributed by atoms with E-state index in [1.165, 1.54) is 12.1 Å². The molecule has 0 aliphatic rings. The molecule has 0 saturated heterocycles. The molecule has 1 aromatic heterocycles. The first-order valence-electron chi connectivity index (χ1n) is 10.1. The van der Waals surface area contributed by atoms with Crippen molar-refractivity contribution in [3.8, 4) is 11.1 Å². The predicted molar refractivity (Wildman–Crippen MR) is 125 cm³/mol. The van der Waals surface area contributed by atoms with E-state index in [9.17, 15) is 9.18 Å². The number of H-pyrrole nitrogens is 1. The Hall–Kier alpha value is -2.68. The molecule has 4 N–H and O–H groups in total. The molecular weight excluding hydrogens is 413 g/mol. The molecule has 2 aromatic carbocycles. The number of carbonyl (C=O) groups excluding carboxylic acids is 1. The number of nitrogens with one attached hydrogen (secondary N) is 2. The SMILES string of the molecule is CN(C)CCSc1cc(-c2cn[nH]c2)ccc1NC(=O)CCc1cc(F)ccc1CN. The Labute approximate surface area is 186 Å². The number of hydrogen-bond donors (Lipinski definition) is 3. The number of hydrogen-bond acceptors (Lipinski definition) is 5. The number of nitrogens with two attached hydrogens (primary N) is 1. The van der Waals surface area contributed by atoms with Crippen LogP contribution in [0.5, 0.6) is 0 Å². The molecule has 0 bridgehead atoms. The predicted octanol–water partition coefficient (Wildman–Crippen LogP) is 3.90. The molecule has 0 fully saturated rings. The first-order valence-corrected chi connectivity index (χ1v) is 11.1. The number of amides is 1. The number of aromatic amines is 1. The Bertz CT molecular complexity index is 1010. The van der Waals surface area contributed by atoms with Gasteiger partial charge in [-0.15, -0.1) is 11.8 Å². The standard InChI is InChI=1S/C23H28FN5OS/c1-29(2)9-10-31-22-12-17(19-14-26-27-15-19)4-7-21(22)28-23(30)8-5-16-11-20(24)6-3-18(16)13-25/h3-4,6-7,11-12,14-15H,5,8-10,13,25H2,1-2H3,(H,26,27)(H,28,30). The fourth-order valence-corrected chi connectivity index (χ4v) is 4.32. The first kappa shape index (κ1) is 23.0. The molecule has 6 nitrogen and oxygen atoms in total. The zero-order chi connectivity index (χ0) is 22.2. The van der Waals surface area contributed by atoms with Crippen molar-refractivity contribution < 1.29 is 9.18 Å². The van der Waals surface area contributed by atoms with Gasteiger partial charge < -0.3 is 16.0 Å².